The first kappa shape index (κ1) is 14.5. The number of carbonyl (C=O) groups excluding carboxylic acids is 1. The molecule has 0 saturated carbocycles. The van der Waals surface area contributed by atoms with Gasteiger partial charge in [0, 0.05) is 12.6 Å². The number of amides is 1. The molecule has 0 aliphatic carbocycles. The third kappa shape index (κ3) is 3.09. The van der Waals surface area contributed by atoms with E-state index in [2.05, 4.69) is 31.4 Å². The van der Waals surface area contributed by atoms with Crippen LogP contribution in [0.2, 0.25) is 0 Å². The second kappa shape index (κ2) is 6.15. The molecule has 0 bridgehead atoms. The Morgan fingerprint density at radius 3 is 2.95 bits per heavy atom. The number of rotatable bonds is 4. The normalized spacial score (nSPS) is 10.6. The van der Waals surface area contributed by atoms with Crippen molar-refractivity contribution in [1.82, 2.24) is 15.5 Å². The van der Waals surface area contributed by atoms with Gasteiger partial charge in [-0.15, -0.1) is 0 Å². The lowest BCUT2D eigenvalue weighted by Crippen LogP contribution is -2.23. The summed E-state index contributed by atoms with van der Waals surface area (Å²) >= 11 is 3.08. The molecule has 3 rings (SSSR count). The molecule has 5 nitrogen and oxygen atoms in total. The molecule has 3 aromatic rings. The first-order chi connectivity index (χ1) is 10.6. The molecule has 1 aromatic carbocycles. The van der Waals surface area contributed by atoms with E-state index in [0.29, 0.717) is 21.5 Å². The second-order valence-corrected chi connectivity index (χ2v) is 5.43. The van der Waals surface area contributed by atoms with Crippen LogP contribution in [0.1, 0.15) is 16.1 Å². The fraction of sp³-hybridized carbons (Fsp3) is 0.0667. The number of hydrogen-bond donors (Lipinski definition) is 2. The SMILES string of the molecule is O=C(NCc1ccc(Br)c(F)c1)c1cc(-c2ccco2)[nH]n1. The predicted octanol–water partition coefficient (Wildman–Crippen LogP) is 3.50. The van der Waals surface area contributed by atoms with E-state index >= 15 is 0 Å². The number of halogens is 2. The Balaban J connectivity index is 1.66. The molecule has 2 N–H and O–H groups in total. The Kier molecular flexibility index (Phi) is 4.06. The van der Waals surface area contributed by atoms with Crippen molar-refractivity contribution in [3.63, 3.8) is 0 Å². The number of H-pyrrole nitrogens is 1. The summed E-state index contributed by atoms with van der Waals surface area (Å²) in [6, 6.07) is 9.80. The molecule has 7 heteroatoms. The van der Waals surface area contributed by atoms with Crippen molar-refractivity contribution in [2.24, 2.45) is 0 Å². The summed E-state index contributed by atoms with van der Waals surface area (Å²) in [6.07, 6.45) is 1.54. The fourth-order valence-electron chi connectivity index (χ4n) is 1.92. The first-order valence-electron chi connectivity index (χ1n) is 6.45. The van der Waals surface area contributed by atoms with Crippen LogP contribution in [-0.2, 0) is 6.54 Å². The van der Waals surface area contributed by atoms with E-state index in [0.717, 1.165) is 0 Å². The maximum Gasteiger partial charge on any atom is 0.272 e. The highest BCUT2D eigenvalue weighted by Gasteiger charge is 2.12. The van der Waals surface area contributed by atoms with Crippen molar-refractivity contribution in [1.29, 1.82) is 0 Å². The average molecular weight is 364 g/mol. The van der Waals surface area contributed by atoms with E-state index in [1.54, 1.807) is 30.3 Å². The molecule has 112 valence electrons. The molecule has 0 saturated heterocycles. The minimum atomic E-state index is -0.369. The summed E-state index contributed by atoms with van der Waals surface area (Å²) < 4.78 is 19.0. The van der Waals surface area contributed by atoms with Crippen LogP contribution >= 0.6 is 15.9 Å². The van der Waals surface area contributed by atoms with E-state index in [1.165, 1.54) is 12.3 Å². The minimum absolute atomic E-state index is 0.214. The van der Waals surface area contributed by atoms with Gasteiger partial charge in [-0.25, -0.2) is 4.39 Å². The van der Waals surface area contributed by atoms with Crippen LogP contribution in [0.3, 0.4) is 0 Å². The molecular formula is C15H11BrFN3O2. The van der Waals surface area contributed by atoms with Crippen molar-refractivity contribution in [3.05, 3.63) is 64.2 Å². The number of furan rings is 1. The molecule has 2 aromatic heterocycles. The smallest absolute Gasteiger partial charge is 0.272 e. The third-order valence-electron chi connectivity index (χ3n) is 3.03. The van der Waals surface area contributed by atoms with E-state index in [9.17, 15) is 9.18 Å². The van der Waals surface area contributed by atoms with Crippen LogP contribution in [0.5, 0.6) is 0 Å². The molecule has 1 amide bonds. The number of benzene rings is 1. The van der Waals surface area contributed by atoms with Crippen LogP contribution < -0.4 is 5.32 Å². The van der Waals surface area contributed by atoms with Crippen LogP contribution in [0.4, 0.5) is 4.39 Å². The number of aromatic amines is 1. The van der Waals surface area contributed by atoms with Gasteiger partial charge in [0.05, 0.1) is 10.7 Å². The monoisotopic (exact) mass is 363 g/mol. The van der Waals surface area contributed by atoms with E-state index in [4.69, 9.17) is 4.42 Å². The van der Waals surface area contributed by atoms with Gasteiger partial charge < -0.3 is 9.73 Å². The standard InChI is InChI=1S/C15H11BrFN3O2/c16-10-4-3-9(6-11(10)17)8-18-15(21)13-7-12(19-20-13)14-2-1-5-22-14/h1-7H,8H2,(H,18,21)(H,19,20). The zero-order chi connectivity index (χ0) is 15.5. The highest BCUT2D eigenvalue weighted by molar-refractivity contribution is 9.10. The summed E-state index contributed by atoms with van der Waals surface area (Å²) in [5.41, 5.74) is 1.52. The van der Waals surface area contributed by atoms with Crippen LogP contribution in [0.15, 0.2) is 51.6 Å². The van der Waals surface area contributed by atoms with Gasteiger partial charge in [-0.1, -0.05) is 6.07 Å². The van der Waals surface area contributed by atoms with Crippen molar-refractivity contribution >= 4 is 21.8 Å². The average Bonchev–Trinajstić information content (AvgIpc) is 3.18. The largest absolute Gasteiger partial charge is 0.463 e. The maximum absolute atomic E-state index is 13.4. The highest BCUT2D eigenvalue weighted by Crippen LogP contribution is 2.18. The summed E-state index contributed by atoms with van der Waals surface area (Å²) in [5, 5.41) is 9.36. The van der Waals surface area contributed by atoms with Gasteiger partial charge in [-0.05, 0) is 45.8 Å². The maximum atomic E-state index is 13.4. The highest BCUT2D eigenvalue weighted by atomic mass is 79.9. The molecule has 0 aliphatic rings. The number of aromatic nitrogens is 2. The van der Waals surface area contributed by atoms with Gasteiger partial charge >= 0.3 is 0 Å². The molecule has 0 unspecified atom stereocenters. The Bertz CT molecular complexity index is 799. The molecule has 2 heterocycles. The van der Waals surface area contributed by atoms with E-state index in [-0.39, 0.29) is 24.0 Å². The predicted molar refractivity (Wildman–Crippen MR) is 81.6 cm³/mol. The Morgan fingerprint density at radius 2 is 2.23 bits per heavy atom. The number of carbonyl (C=O) groups is 1. The summed E-state index contributed by atoms with van der Waals surface area (Å²) in [5.74, 6) is -0.120. The zero-order valence-electron chi connectivity index (χ0n) is 11.3. The third-order valence-corrected chi connectivity index (χ3v) is 3.68. The topological polar surface area (TPSA) is 70.9 Å². The van der Waals surface area contributed by atoms with Gasteiger partial charge in [0.15, 0.2) is 11.5 Å². The van der Waals surface area contributed by atoms with E-state index in [1.807, 2.05) is 0 Å². The molecule has 0 aliphatic heterocycles. The number of nitrogens with one attached hydrogen (secondary N) is 2. The van der Waals surface area contributed by atoms with E-state index < -0.39 is 0 Å². The Hall–Kier alpha value is -2.41. The van der Waals surface area contributed by atoms with Gasteiger partial charge in [0.1, 0.15) is 11.5 Å². The van der Waals surface area contributed by atoms with Gasteiger partial charge in [-0.2, -0.15) is 5.10 Å². The lowest BCUT2D eigenvalue weighted by atomic mass is 10.2. The molecule has 22 heavy (non-hydrogen) atoms. The zero-order valence-corrected chi connectivity index (χ0v) is 12.9. The quantitative estimate of drug-likeness (QED) is 0.745. The van der Waals surface area contributed by atoms with Gasteiger partial charge in [-0.3, -0.25) is 9.89 Å². The van der Waals surface area contributed by atoms with Gasteiger partial charge in [0.25, 0.3) is 5.91 Å². The molecule has 0 spiro atoms. The van der Waals surface area contributed by atoms with Gasteiger partial charge in [0.2, 0.25) is 0 Å². The summed E-state index contributed by atoms with van der Waals surface area (Å²) in [6.45, 7) is 0.214. The molecule has 0 radical (unpaired) electrons. The number of nitrogens with zero attached hydrogens (tertiary/aromatic N) is 1. The Morgan fingerprint density at radius 1 is 1.36 bits per heavy atom. The molecule has 0 atom stereocenters. The second-order valence-electron chi connectivity index (χ2n) is 4.58. The van der Waals surface area contributed by atoms with Crippen molar-refractivity contribution in [2.45, 2.75) is 6.54 Å². The molecular weight excluding hydrogens is 353 g/mol. The fourth-order valence-corrected chi connectivity index (χ4v) is 2.17. The Labute approximate surface area is 133 Å². The first-order valence-corrected chi connectivity index (χ1v) is 7.24. The molecule has 0 fully saturated rings. The summed E-state index contributed by atoms with van der Waals surface area (Å²) in [4.78, 5) is 12.0. The van der Waals surface area contributed by atoms with Crippen LogP contribution in [0.25, 0.3) is 11.5 Å². The number of hydrogen-bond acceptors (Lipinski definition) is 3. The summed E-state index contributed by atoms with van der Waals surface area (Å²) in [7, 11) is 0. The minimum Gasteiger partial charge on any atom is -0.463 e. The van der Waals surface area contributed by atoms with Crippen LogP contribution in [-0.4, -0.2) is 16.1 Å². The van der Waals surface area contributed by atoms with Crippen molar-refractivity contribution in [3.8, 4) is 11.5 Å². The van der Waals surface area contributed by atoms with Crippen LogP contribution in [0, 0.1) is 5.82 Å². The van der Waals surface area contributed by atoms with Crippen molar-refractivity contribution < 1.29 is 13.6 Å². The lowest BCUT2D eigenvalue weighted by Gasteiger charge is -2.04. The lowest BCUT2D eigenvalue weighted by molar-refractivity contribution is 0.0946. The van der Waals surface area contributed by atoms with Crippen molar-refractivity contribution in [2.75, 3.05) is 0 Å².